The molecule has 0 aromatic heterocycles. The molecule has 2 aliphatic rings. The summed E-state index contributed by atoms with van der Waals surface area (Å²) in [7, 11) is 4.08. The second-order valence-electron chi connectivity index (χ2n) is 3.85. The van der Waals surface area contributed by atoms with Crippen molar-refractivity contribution in [3.05, 3.63) is 22.8 Å². The number of allylic oxidation sites excluding steroid dienone is 2. The van der Waals surface area contributed by atoms with Crippen molar-refractivity contribution >= 4 is 16.9 Å². The predicted octanol–water partition coefficient (Wildman–Crippen LogP) is 1.25. The Morgan fingerprint density at radius 3 is 2.86 bits per heavy atom. The smallest absolute Gasteiger partial charge is 0.214 e. The van der Waals surface area contributed by atoms with Crippen LogP contribution in [0.4, 0.5) is 0 Å². The van der Waals surface area contributed by atoms with E-state index in [4.69, 9.17) is 0 Å². The fraction of sp³-hybridized carbons (Fsp3) is 0.500. The molecule has 14 heavy (non-hydrogen) atoms. The van der Waals surface area contributed by atoms with Gasteiger partial charge in [0.25, 0.3) is 0 Å². The lowest BCUT2D eigenvalue weighted by Gasteiger charge is -2.37. The molecule has 2 heterocycles. The SMILES string of the molecule is CC1=CC=C2SC(=O)CN2C1N(C)C. The predicted molar refractivity (Wildman–Crippen MR) is 58.6 cm³/mol. The molecule has 0 bridgehead atoms. The number of carbonyl (C=O) groups is 1. The van der Waals surface area contributed by atoms with Crippen molar-refractivity contribution in [2.24, 2.45) is 0 Å². The van der Waals surface area contributed by atoms with Gasteiger partial charge < -0.3 is 4.90 Å². The third-order valence-corrected chi connectivity index (χ3v) is 3.42. The third-order valence-electron chi connectivity index (χ3n) is 2.48. The molecule has 1 saturated heterocycles. The highest BCUT2D eigenvalue weighted by atomic mass is 32.2. The number of hydrogen-bond donors (Lipinski definition) is 0. The van der Waals surface area contributed by atoms with Crippen LogP contribution in [-0.4, -0.2) is 41.7 Å². The molecule has 0 radical (unpaired) electrons. The molecule has 0 spiro atoms. The quantitative estimate of drug-likeness (QED) is 0.650. The zero-order chi connectivity index (χ0) is 10.3. The summed E-state index contributed by atoms with van der Waals surface area (Å²) in [5.41, 5.74) is 1.29. The molecule has 1 atom stereocenters. The highest BCUT2D eigenvalue weighted by Crippen LogP contribution is 2.36. The van der Waals surface area contributed by atoms with Gasteiger partial charge in [-0.15, -0.1) is 0 Å². The van der Waals surface area contributed by atoms with Crippen molar-refractivity contribution in [2.45, 2.75) is 13.1 Å². The minimum Gasteiger partial charge on any atom is -0.338 e. The molecule has 0 aliphatic carbocycles. The Kier molecular flexibility index (Phi) is 2.41. The molecule has 0 N–H and O–H groups in total. The Morgan fingerprint density at radius 2 is 2.21 bits per heavy atom. The van der Waals surface area contributed by atoms with Crippen LogP contribution in [0.2, 0.25) is 0 Å². The standard InChI is InChI=1S/C10H14N2OS/c1-7-4-5-8-12(6-9(13)14-8)10(7)11(2)3/h4-5,10H,6H2,1-3H3. The average Bonchev–Trinajstić information content (AvgIpc) is 2.43. The van der Waals surface area contributed by atoms with Gasteiger partial charge in [-0.05, 0) is 44.4 Å². The second-order valence-corrected chi connectivity index (χ2v) is 4.93. The van der Waals surface area contributed by atoms with Crippen LogP contribution in [0.1, 0.15) is 6.92 Å². The van der Waals surface area contributed by atoms with Crippen LogP contribution in [0.15, 0.2) is 22.8 Å². The number of thioether (sulfide) groups is 1. The number of fused-ring (bicyclic) bond motifs is 1. The number of carbonyl (C=O) groups excluding carboxylic acids is 1. The largest absolute Gasteiger partial charge is 0.338 e. The van der Waals surface area contributed by atoms with E-state index in [1.807, 2.05) is 20.2 Å². The Morgan fingerprint density at radius 1 is 1.50 bits per heavy atom. The molecule has 2 aliphatic heterocycles. The van der Waals surface area contributed by atoms with Gasteiger partial charge in [0.2, 0.25) is 5.12 Å². The van der Waals surface area contributed by atoms with Gasteiger partial charge >= 0.3 is 0 Å². The average molecular weight is 210 g/mol. The van der Waals surface area contributed by atoms with Crippen molar-refractivity contribution in [3.63, 3.8) is 0 Å². The number of nitrogens with zero attached hydrogens (tertiary/aromatic N) is 2. The first-order valence-electron chi connectivity index (χ1n) is 4.62. The van der Waals surface area contributed by atoms with E-state index in [1.165, 1.54) is 17.3 Å². The molecule has 76 valence electrons. The molecule has 0 amide bonds. The van der Waals surface area contributed by atoms with Crippen LogP contribution >= 0.6 is 11.8 Å². The van der Waals surface area contributed by atoms with E-state index in [0.29, 0.717) is 6.54 Å². The van der Waals surface area contributed by atoms with E-state index >= 15 is 0 Å². The van der Waals surface area contributed by atoms with Crippen LogP contribution in [0, 0.1) is 0 Å². The lowest BCUT2D eigenvalue weighted by molar-refractivity contribution is -0.111. The molecular formula is C10H14N2OS. The third kappa shape index (κ3) is 1.48. The second kappa shape index (κ2) is 3.44. The van der Waals surface area contributed by atoms with Crippen LogP contribution in [0.5, 0.6) is 0 Å². The topological polar surface area (TPSA) is 23.6 Å². The summed E-state index contributed by atoms with van der Waals surface area (Å²) in [6.45, 7) is 2.63. The molecule has 0 saturated carbocycles. The first-order valence-corrected chi connectivity index (χ1v) is 5.43. The van der Waals surface area contributed by atoms with Crippen molar-refractivity contribution in [1.29, 1.82) is 0 Å². The van der Waals surface area contributed by atoms with Crippen LogP contribution in [-0.2, 0) is 4.79 Å². The summed E-state index contributed by atoms with van der Waals surface area (Å²) < 4.78 is 0. The Balaban J connectivity index is 2.31. The number of hydrogen-bond acceptors (Lipinski definition) is 4. The zero-order valence-electron chi connectivity index (χ0n) is 8.65. The van der Waals surface area contributed by atoms with Gasteiger partial charge in [0.1, 0.15) is 6.17 Å². The Labute approximate surface area is 88.4 Å². The van der Waals surface area contributed by atoms with Gasteiger partial charge in [-0.1, -0.05) is 6.08 Å². The van der Waals surface area contributed by atoms with Crippen LogP contribution in [0.3, 0.4) is 0 Å². The maximum Gasteiger partial charge on any atom is 0.214 e. The molecular weight excluding hydrogens is 196 g/mol. The maximum atomic E-state index is 11.3. The highest BCUT2D eigenvalue weighted by Gasteiger charge is 2.34. The Hall–Kier alpha value is -0.740. The van der Waals surface area contributed by atoms with E-state index in [1.54, 1.807) is 0 Å². The summed E-state index contributed by atoms with van der Waals surface area (Å²) in [6.07, 6.45) is 4.38. The normalized spacial score (nSPS) is 26.4. The van der Waals surface area contributed by atoms with Gasteiger partial charge in [-0.2, -0.15) is 0 Å². The monoisotopic (exact) mass is 210 g/mol. The first kappa shape index (κ1) is 9.80. The van der Waals surface area contributed by atoms with Gasteiger partial charge in [-0.3, -0.25) is 9.69 Å². The van der Waals surface area contributed by atoms with Crippen molar-refractivity contribution < 1.29 is 4.79 Å². The lowest BCUT2D eigenvalue weighted by Crippen LogP contribution is -2.44. The summed E-state index contributed by atoms with van der Waals surface area (Å²) >= 11 is 1.35. The highest BCUT2D eigenvalue weighted by molar-refractivity contribution is 8.17. The van der Waals surface area contributed by atoms with E-state index in [0.717, 1.165) is 5.03 Å². The van der Waals surface area contributed by atoms with E-state index in [9.17, 15) is 4.79 Å². The van der Waals surface area contributed by atoms with Crippen LogP contribution in [0.25, 0.3) is 0 Å². The fourth-order valence-electron chi connectivity index (χ4n) is 1.98. The zero-order valence-corrected chi connectivity index (χ0v) is 9.47. The summed E-state index contributed by atoms with van der Waals surface area (Å²) in [5.74, 6) is 0. The molecule has 2 rings (SSSR count). The molecule has 1 unspecified atom stereocenters. The summed E-state index contributed by atoms with van der Waals surface area (Å²) in [6, 6.07) is 0. The van der Waals surface area contributed by atoms with Gasteiger partial charge in [-0.25, -0.2) is 0 Å². The van der Waals surface area contributed by atoms with Crippen molar-refractivity contribution in [1.82, 2.24) is 9.80 Å². The molecule has 3 nitrogen and oxygen atoms in total. The number of rotatable bonds is 1. The molecule has 1 fully saturated rings. The van der Waals surface area contributed by atoms with Crippen molar-refractivity contribution in [2.75, 3.05) is 20.6 Å². The summed E-state index contributed by atoms with van der Waals surface area (Å²) in [4.78, 5) is 15.6. The van der Waals surface area contributed by atoms with Crippen LogP contribution < -0.4 is 0 Å². The van der Waals surface area contributed by atoms with E-state index in [-0.39, 0.29) is 11.3 Å². The summed E-state index contributed by atoms with van der Waals surface area (Å²) in [5, 5.41) is 1.32. The van der Waals surface area contributed by atoms with Gasteiger partial charge in [0, 0.05) is 0 Å². The maximum absolute atomic E-state index is 11.3. The van der Waals surface area contributed by atoms with E-state index < -0.39 is 0 Å². The first-order chi connectivity index (χ1) is 6.59. The van der Waals surface area contributed by atoms with Gasteiger partial charge in [0.05, 0.1) is 11.6 Å². The minimum absolute atomic E-state index is 0.242. The fourth-order valence-corrected chi connectivity index (χ4v) is 2.84. The van der Waals surface area contributed by atoms with Gasteiger partial charge in [0.15, 0.2) is 0 Å². The molecule has 0 aromatic carbocycles. The number of likely N-dealkylation sites (N-methyl/N-ethyl adjacent to an activating group) is 1. The molecule has 4 heteroatoms. The lowest BCUT2D eigenvalue weighted by atomic mass is 10.1. The van der Waals surface area contributed by atoms with Crippen molar-refractivity contribution in [3.8, 4) is 0 Å². The van der Waals surface area contributed by atoms with E-state index in [2.05, 4.69) is 22.8 Å². The molecule has 0 aromatic rings. The minimum atomic E-state index is 0.242. The Bertz CT molecular complexity index is 333.